The molecular weight excluding hydrogens is 252 g/mol. The fourth-order valence-corrected chi connectivity index (χ4v) is 2.87. The van der Waals surface area contributed by atoms with Gasteiger partial charge in [0.25, 0.3) is 0 Å². The maximum absolute atomic E-state index is 12.8. The molecule has 0 saturated carbocycles. The van der Waals surface area contributed by atoms with Gasteiger partial charge >= 0.3 is 0 Å². The predicted octanol–water partition coefficient (Wildman–Crippen LogP) is 1.79. The Morgan fingerprint density at radius 2 is 1.95 bits per heavy atom. The zero-order valence-electron chi connectivity index (χ0n) is 12.8. The normalized spacial score (nSPS) is 17.8. The minimum absolute atomic E-state index is 0.104. The highest BCUT2D eigenvalue weighted by Gasteiger charge is 2.26. The van der Waals surface area contributed by atoms with Gasteiger partial charge in [0.1, 0.15) is 5.75 Å². The molecule has 1 aromatic rings. The van der Waals surface area contributed by atoms with Crippen LogP contribution < -0.4 is 10.1 Å². The summed E-state index contributed by atoms with van der Waals surface area (Å²) in [6, 6.07) is 3.88. The van der Waals surface area contributed by atoms with E-state index in [2.05, 4.69) is 10.2 Å². The van der Waals surface area contributed by atoms with Gasteiger partial charge in [0.15, 0.2) is 5.78 Å². The van der Waals surface area contributed by atoms with Crippen LogP contribution in [-0.2, 0) is 0 Å². The van der Waals surface area contributed by atoms with E-state index in [0.717, 1.165) is 37.3 Å². The number of methoxy groups -OCH3 is 1. The number of benzene rings is 1. The number of Topliss-reactive ketones (excluding diaryl/α,β-unsaturated/α-hetero) is 1. The lowest BCUT2D eigenvalue weighted by atomic mass is 9.98. The maximum Gasteiger partial charge on any atom is 0.183 e. The average molecular weight is 276 g/mol. The Hall–Kier alpha value is -1.39. The molecule has 1 aliphatic heterocycles. The minimum atomic E-state index is -0.104. The summed E-state index contributed by atoms with van der Waals surface area (Å²) < 4.78 is 5.44. The highest BCUT2D eigenvalue weighted by molar-refractivity contribution is 6.02. The van der Waals surface area contributed by atoms with Crippen LogP contribution in [0.5, 0.6) is 5.75 Å². The Bertz CT molecular complexity index is 493. The summed E-state index contributed by atoms with van der Waals surface area (Å²) in [6.07, 6.45) is 0. The summed E-state index contributed by atoms with van der Waals surface area (Å²) in [5, 5.41) is 3.31. The Morgan fingerprint density at radius 3 is 2.55 bits per heavy atom. The number of piperazine rings is 1. The van der Waals surface area contributed by atoms with Crippen molar-refractivity contribution in [3.8, 4) is 5.75 Å². The van der Waals surface area contributed by atoms with E-state index in [4.69, 9.17) is 4.74 Å². The van der Waals surface area contributed by atoms with Crippen LogP contribution in [0, 0.1) is 13.8 Å². The Labute approximate surface area is 121 Å². The summed E-state index contributed by atoms with van der Waals surface area (Å²) in [6.45, 7) is 9.71. The van der Waals surface area contributed by atoms with Crippen LogP contribution in [0.2, 0.25) is 0 Å². The van der Waals surface area contributed by atoms with Gasteiger partial charge in [0.2, 0.25) is 0 Å². The van der Waals surface area contributed by atoms with Crippen molar-refractivity contribution in [3.05, 3.63) is 28.8 Å². The van der Waals surface area contributed by atoms with Crippen LogP contribution in [0.3, 0.4) is 0 Å². The lowest BCUT2D eigenvalue weighted by Crippen LogP contribution is -2.50. The molecule has 1 N–H and O–H groups in total. The van der Waals surface area contributed by atoms with Crippen molar-refractivity contribution in [1.29, 1.82) is 0 Å². The second kappa shape index (κ2) is 6.37. The number of hydrogen-bond donors (Lipinski definition) is 1. The molecule has 1 atom stereocenters. The lowest BCUT2D eigenvalue weighted by molar-refractivity contribution is 0.0817. The number of rotatable bonds is 4. The van der Waals surface area contributed by atoms with Gasteiger partial charge in [-0.3, -0.25) is 9.69 Å². The van der Waals surface area contributed by atoms with Crippen LogP contribution >= 0.6 is 0 Å². The van der Waals surface area contributed by atoms with E-state index in [-0.39, 0.29) is 11.8 Å². The largest absolute Gasteiger partial charge is 0.496 e. The van der Waals surface area contributed by atoms with Gasteiger partial charge in [0.05, 0.1) is 18.7 Å². The van der Waals surface area contributed by atoms with E-state index >= 15 is 0 Å². The molecule has 110 valence electrons. The van der Waals surface area contributed by atoms with Gasteiger partial charge in [-0.2, -0.15) is 0 Å². The van der Waals surface area contributed by atoms with Crippen molar-refractivity contribution in [3.63, 3.8) is 0 Å². The minimum Gasteiger partial charge on any atom is -0.496 e. The van der Waals surface area contributed by atoms with Crippen LogP contribution in [0.1, 0.15) is 28.4 Å². The predicted molar refractivity (Wildman–Crippen MR) is 80.7 cm³/mol. The van der Waals surface area contributed by atoms with Crippen LogP contribution in [0.25, 0.3) is 0 Å². The van der Waals surface area contributed by atoms with Crippen LogP contribution in [0.4, 0.5) is 0 Å². The fraction of sp³-hybridized carbons (Fsp3) is 0.562. The van der Waals surface area contributed by atoms with E-state index < -0.39 is 0 Å². The summed E-state index contributed by atoms with van der Waals surface area (Å²) in [4.78, 5) is 15.0. The fourth-order valence-electron chi connectivity index (χ4n) is 2.87. The maximum atomic E-state index is 12.8. The molecule has 1 fully saturated rings. The standard InChI is InChI=1S/C16H24N2O2/c1-11-9-12(2)16(20-4)14(10-11)15(19)13(3)18-7-5-17-6-8-18/h9-10,13,17H,5-8H2,1-4H3. The van der Waals surface area contributed by atoms with Crippen molar-refractivity contribution in [1.82, 2.24) is 10.2 Å². The quantitative estimate of drug-likeness (QED) is 0.851. The monoisotopic (exact) mass is 276 g/mol. The summed E-state index contributed by atoms with van der Waals surface area (Å²) >= 11 is 0. The molecule has 0 radical (unpaired) electrons. The molecule has 0 bridgehead atoms. The molecule has 4 heteroatoms. The highest BCUT2D eigenvalue weighted by Crippen LogP contribution is 2.27. The molecule has 20 heavy (non-hydrogen) atoms. The second-order valence-corrected chi connectivity index (χ2v) is 5.49. The van der Waals surface area contributed by atoms with Gasteiger partial charge in [-0.15, -0.1) is 0 Å². The zero-order chi connectivity index (χ0) is 14.7. The first-order valence-electron chi connectivity index (χ1n) is 7.18. The Kier molecular flexibility index (Phi) is 4.78. The number of carbonyl (C=O) groups excluding carboxylic acids is 1. The van der Waals surface area contributed by atoms with Crippen LogP contribution in [0.15, 0.2) is 12.1 Å². The molecule has 0 aromatic heterocycles. The van der Waals surface area contributed by atoms with Crippen LogP contribution in [-0.4, -0.2) is 50.0 Å². The molecule has 1 saturated heterocycles. The second-order valence-electron chi connectivity index (χ2n) is 5.49. The number of nitrogens with one attached hydrogen (secondary N) is 1. The lowest BCUT2D eigenvalue weighted by Gasteiger charge is -2.32. The summed E-state index contributed by atoms with van der Waals surface area (Å²) in [5.41, 5.74) is 2.82. The van der Waals surface area contributed by atoms with E-state index in [1.54, 1.807) is 7.11 Å². The van der Waals surface area contributed by atoms with E-state index in [1.165, 1.54) is 0 Å². The van der Waals surface area contributed by atoms with Gasteiger partial charge in [-0.05, 0) is 38.0 Å². The average Bonchev–Trinajstić information content (AvgIpc) is 2.46. The number of ether oxygens (including phenoxy) is 1. The molecule has 1 aliphatic rings. The number of aryl methyl sites for hydroxylation is 2. The van der Waals surface area contributed by atoms with Crippen molar-refractivity contribution in [2.45, 2.75) is 26.8 Å². The molecule has 0 spiro atoms. The highest BCUT2D eigenvalue weighted by atomic mass is 16.5. The first-order chi connectivity index (χ1) is 9.54. The van der Waals surface area contributed by atoms with Gasteiger partial charge in [-0.1, -0.05) is 6.07 Å². The number of hydrogen-bond acceptors (Lipinski definition) is 4. The molecule has 4 nitrogen and oxygen atoms in total. The summed E-state index contributed by atoms with van der Waals surface area (Å²) in [7, 11) is 1.63. The number of ketones is 1. The molecule has 0 aliphatic carbocycles. The molecule has 1 unspecified atom stereocenters. The number of carbonyl (C=O) groups is 1. The van der Waals surface area contributed by atoms with Crippen molar-refractivity contribution >= 4 is 5.78 Å². The Balaban J connectivity index is 2.27. The molecule has 0 amide bonds. The molecule has 2 rings (SSSR count). The smallest absolute Gasteiger partial charge is 0.183 e. The molecule has 1 aromatic carbocycles. The van der Waals surface area contributed by atoms with Gasteiger partial charge in [-0.25, -0.2) is 0 Å². The number of nitrogens with zero attached hydrogens (tertiary/aromatic N) is 1. The SMILES string of the molecule is COc1c(C)cc(C)cc1C(=O)C(C)N1CCNCC1. The third-order valence-electron chi connectivity index (χ3n) is 3.97. The summed E-state index contributed by atoms with van der Waals surface area (Å²) in [5.74, 6) is 0.859. The topological polar surface area (TPSA) is 41.6 Å². The Morgan fingerprint density at radius 1 is 1.30 bits per heavy atom. The van der Waals surface area contributed by atoms with Gasteiger partial charge < -0.3 is 10.1 Å². The molecular formula is C16H24N2O2. The molecule has 1 heterocycles. The van der Waals surface area contributed by atoms with E-state index in [1.807, 2.05) is 32.9 Å². The van der Waals surface area contributed by atoms with Crippen molar-refractivity contribution in [2.75, 3.05) is 33.3 Å². The van der Waals surface area contributed by atoms with Crippen molar-refractivity contribution in [2.24, 2.45) is 0 Å². The first kappa shape index (κ1) is 15.0. The van der Waals surface area contributed by atoms with Gasteiger partial charge in [0, 0.05) is 26.2 Å². The zero-order valence-corrected chi connectivity index (χ0v) is 12.8. The third-order valence-corrected chi connectivity index (χ3v) is 3.97. The first-order valence-corrected chi connectivity index (χ1v) is 7.18. The van der Waals surface area contributed by atoms with Crippen molar-refractivity contribution < 1.29 is 9.53 Å². The third kappa shape index (κ3) is 3.02. The van der Waals surface area contributed by atoms with E-state index in [0.29, 0.717) is 11.3 Å². The van der Waals surface area contributed by atoms with E-state index in [9.17, 15) is 4.79 Å².